The first-order valence-corrected chi connectivity index (χ1v) is 9.97. The van der Waals surface area contributed by atoms with Gasteiger partial charge in [0.25, 0.3) is 0 Å². The number of carbonyl (C=O) groups is 1. The molecule has 0 spiro atoms. The lowest BCUT2D eigenvalue weighted by atomic mass is 10.1. The van der Waals surface area contributed by atoms with Gasteiger partial charge in [-0.15, -0.1) is 0 Å². The SMILES string of the molecule is Cc1ccc(S(=O)(=O)NCCC(=O)NC(c2ccccc2)C(F)(F)F)cc1C. The Morgan fingerprint density at radius 3 is 2.25 bits per heavy atom. The highest BCUT2D eigenvalue weighted by Crippen LogP contribution is 2.32. The standard InChI is InChI=1S/C19H21F3N2O3S/c1-13-8-9-16(12-14(13)2)28(26,27)23-11-10-17(25)24-18(19(20,21)22)15-6-4-3-5-7-15/h3-9,12,18,23H,10-11H2,1-2H3,(H,24,25). The molecule has 2 aromatic rings. The minimum atomic E-state index is -4.67. The van der Waals surface area contributed by atoms with E-state index in [4.69, 9.17) is 0 Å². The second-order valence-corrected chi connectivity index (χ2v) is 8.11. The Hall–Kier alpha value is -2.39. The van der Waals surface area contributed by atoms with Crippen molar-refractivity contribution in [1.82, 2.24) is 10.0 Å². The van der Waals surface area contributed by atoms with Crippen molar-refractivity contribution in [3.63, 3.8) is 0 Å². The van der Waals surface area contributed by atoms with Crippen LogP contribution in [0.4, 0.5) is 13.2 Å². The van der Waals surface area contributed by atoms with Crippen LogP contribution in [-0.4, -0.2) is 27.0 Å². The second kappa shape index (κ2) is 8.74. The zero-order valence-electron chi connectivity index (χ0n) is 15.4. The Morgan fingerprint density at radius 1 is 1.04 bits per heavy atom. The van der Waals surface area contributed by atoms with E-state index < -0.39 is 34.6 Å². The molecule has 0 fully saturated rings. The predicted molar refractivity (Wildman–Crippen MR) is 99.1 cm³/mol. The van der Waals surface area contributed by atoms with Crippen LogP contribution in [0.1, 0.15) is 29.2 Å². The normalized spacial score (nSPS) is 13.2. The minimum absolute atomic E-state index is 0.0356. The van der Waals surface area contributed by atoms with Crippen molar-refractivity contribution in [3.05, 3.63) is 65.2 Å². The van der Waals surface area contributed by atoms with Crippen LogP contribution in [0.25, 0.3) is 0 Å². The molecule has 152 valence electrons. The zero-order chi connectivity index (χ0) is 20.9. The summed E-state index contributed by atoms with van der Waals surface area (Å²) in [6.07, 6.45) is -5.10. The summed E-state index contributed by atoms with van der Waals surface area (Å²) in [5.74, 6) is -0.908. The van der Waals surface area contributed by atoms with Gasteiger partial charge in [-0.3, -0.25) is 4.79 Å². The summed E-state index contributed by atoms with van der Waals surface area (Å²) in [6.45, 7) is 3.29. The number of nitrogens with one attached hydrogen (secondary N) is 2. The smallest absolute Gasteiger partial charge is 0.341 e. The molecule has 2 N–H and O–H groups in total. The molecule has 2 rings (SSSR count). The minimum Gasteiger partial charge on any atom is -0.341 e. The average molecular weight is 414 g/mol. The van der Waals surface area contributed by atoms with Gasteiger partial charge in [0.1, 0.15) is 0 Å². The van der Waals surface area contributed by atoms with E-state index in [0.29, 0.717) is 0 Å². The number of rotatable bonds is 7. The van der Waals surface area contributed by atoms with Crippen LogP contribution in [0.15, 0.2) is 53.4 Å². The van der Waals surface area contributed by atoms with Gasteiger partial charge in [0.2, 0.25) is 15.9 Å². The van der Waals surface area contributed by atoms with Gasteiger partial charge in [-0.05, 0) is 42.7 Å². The molecule has 5 nitrogen and oxygen atoms in total. The molecular formula is C19H21F3N2O3S. The van der Waals surface area contributed by atoms with E-state index in [0.717, 1.165) is 11.1 Å². The quantitative estimate of drug-likeness (QED) is 0.729. The molecule has 0 aromatic heterocycles. The highest BCUT2D eigenvalue weighted by atomic mass is 32.2. The van der Waals surface area contributed by atoms with Gasteiger partial charge < -0.3 is 5.32 Å². The third-order valence-electron chi connectivity index (χ3n) is 4.20. The first kappa shape index (κ1) is 21.9. The first-order chi connectivity index (χ1) is 13.0. The third kappa shape index (κ3) is 5.80. The summed E-state index contributed by atoms with van der Waals surface area (Å²) in [6, 6.07) is 9.41. The Bertz CT molecular complexity index is 929. The summed E-state index contributed by atoms with van der Waals surface area (Å²) in [4.78, 5) is 12.0. The molecule has 2 aromatic carbocycles. The lowest BCUT2D eigenvalue weighted by Gasteiger charge is -2.22. The summed E-state index contributed by atoms with van der Waals surface area (Å²) < 4.78 is 66.5. The number of carbonyl (C=O) groups excluding carboxylic acids is 1. The maximum Gasteiger partial charge on any atom is 0.412 e. The lowest BCUT2D eigenvalue weighted by Crippen LogP contribution is -2.39. The molecule has 1 unspecified atom stereocenters. The summed E-state index contributed by atoms with van der Waals surface area (Å²) >= 11 is 0. The van der Waals surface area contributed by atoms with Crippen molar-refractivity contribution in [1.29, 1.82) is 0 Å². The number of aryl methyl sites for hydroxylation is 2. The topological polar surface area (TPSA) is 75.3 Å². The molecule has 0 bridgehead atoms. The van der Waals surface area contributed by atoms with E-state index in [1.165, 1.54) is 36.4 Å². The molecule has 0 aliphatic heterocycles. The van der Waals surface area contributed by atoms with Crippen molar-refractivity contribution < 1.29 is 26.4 Å². The van der Waals surface area contributed by atoms with Crippen molar-refractivity contribution in [2.75, 3.05) is 6.54 Å². The average Bonchev–Trinajstić information content (AvgIpc) is 2.61. The van der Waals surface area contributed by atoms with Crippen molar-refractivity contribution >= 4 is 15.9 Å². The van der Waals surface area contributed by atoms with Crippen LogP contribution in [0.3, 0.4) is 0 Å². The number of amides is 1. The number of benzene rings is 2. The summed E-state index contributed by atoms with van der Waals surface area (Å²) in [5.41, 5.74) is 1.62. The largest absolute Gasteiger partial charge is 0.412 e. The Labute approximate surface area is 162 Å². The van der Waals surface area contributed by atoms with Crippen LogP contribution >= 0.6 is 0 Å². The molecule has 0 saturated carbocycles. The lowest BCUT2D eigenvalue weighted by molar-refractivity contribution is -0.163. The fraction of sp³-hybridized carbons (Fsp3) is 0.316. The molecule has 28 heavy (non-hydrogen) atoms. The van der Waals surface area contributed by atoms with Gasteiger partial charge in [0.05, 0.1) is 4.90 Å². The molecule has 9 heteroatoms. The van der Waals surface area contributed by atoms with Crippen molar-refractivity contribution in [3.8, 4) is 0 Å². The molecule has 0 radical (unpaired) electrons. The fourth-order valence-corrected chi connectivity index (χ4v) is 3.61. The van der Waals surface area contributed by atoms with E-state index >= 15 is 0 Å². The fourth-order valence-electron chi connectivity index (χ4n) is 2.50. The van der Waals surface area contributed by atoms with Gasteiger partial charge in [-0.2, -0.15) is 13.2 Å². The number of hydrogen-bond donors (Lipinski definition) is 2. The van der Waals surface area contributed by atoms with Crippen LogP contribution < -0.4 is 10.0 Å². The van der Waals surface area contributed by atoms with Crippen LogP contribution in [0.2, 0.25) is 0 Å². The number of hydrogen-bond acceptors (Lipinski definition) is 3. The highest BCUT2D eigenvalue weighted by molar-refractivity contribution is 7.89. The van der Waals surface area contributed by atoms with E-state index in [1.54, 1.807) is 19.1 Å². The summed E-state index contributed by atoms with van der Waals surface area (Å²) in [7, 11) is -3.86. The molecule has 1 amide bonds. The van der Waals surface area contributed by atoms with Crippen LogP contribution in [-0.2, 0) is 14.8 Å². The summed E-state index contributed by atoms with van der Waals surface area (Å²) in [5, 5.41) is 1.92. The van der Waals surface area contributed by atoms with Crippen molar-refractivity contribution in [2.45, 2.75) is 37.4 Å². The maximum atomic E-state index is 13.2. The molecule has 0 aliphatic carbocycles. The van der Waals surface area contributed by atoms with E-state index in [1.807, 2.05) is 12.2 Å². The highest BCUT2D eigenvalue weighted by Gasteiger charge is 2.41. The van der Waals surface area contributed by atoms with E-state index in [2.05, 4.69) is 4.72 Å². The van der Waals surface area contributed by atoms with E-state index in [-0.39, 0.29) is 17.0 Å². The van der Waals surface area contributed by atoms with Crippen LogP contribution in [0, 0.1) is 13.8 Å². The molecule has 0 aliphatic rings. The number of halogens is 3. The first-order valence-electron chi connectivity index (χ1n) is 8.48. The Balaban J connectivity index is 1.98. The predicted octanol–water partition coefficient (Wildman–Crippen LogP) is 3.39. The molecule has 0 heterocycles. The van der Waals surface area contributed by atoms with Crippen LogP contribution in [0.5, 0.6) is 0 Å². The monoisotopic (exact) mass is 414 g/mol. The van der Waals surface area contributed by atoms with Gasteiger partial charge in [-0.1, -0.05) is 36.4 Å². The molecule has 1 atom stereocenters. The maximum absolute atomic E-state index is 13.2. The van der Waals surface area contributed by atoms with E-state index in [9.17, 15) is 26.4 Å². The molecular weight excluding hydrogens is 393 g/mol. The van der Waals surface area contributed by atoms with Gasteiger partial charge in [0, 0.05) is 13.0 Å². The number of sulfonamides is 1. The van der Waals surface area contributed by atoms with Crippen molar-refractivity contribution in [2.24, 2.45) is 0 Å². The zero-order valence-corrected chi connectivity index (χ0v) is 16.2. The third-order valence-corrected chi connectivity index (χ3v) is 5.66. The Morgan fingerprint density at radius 2 is 1.68 bits per heavy atom. The van der Waals surface area contributed by atoms with Gasteiger partial charge in [-0.25, -0.2) is 13.1 Å². The Kier molecular flexibility index (Phi) is 6.84. The number of alkyl halides is 3. The van der Waals surface area contributed by atoms with Gasteiger partial charge >= 0.3 is 6.18 Å². The second-order valence-electron chi connectivity index (χ2n) is 6.35. The van der Waals surface area contributed by atoms with Gasteiger partial charge in [0.15, 0.2) is 6.04 Å². The molecule has 0 saturated heterocycles.